The molecule has 10 heteroatoms. The molecule has 1 aliphatic rings. The summed E-state index contributed by atoms with van der Waals surface area (Å²) >= 11 is 0. The van der Waals surface area contributed by atoms with Crippen molar-refractivity contribution in [2.45, 2.75) is 39.7 Å². The van der Waals surface area contributed by atoms with E-state index in [1.807, 2.05) is 37.8 Å². The predicted molar refractivity (Wildman–Crippen MR) is 147 cm³/mol. The van der Waals surface area contributed by atoms with E-state index in [1.54, 1.807) is 18.0 Å². The predicted octanol–water partition coefficient (Wildman–Crippen LogP) is 5.23. The molecule has 0 saturated carbocycles. The second kappa shape index (κ2) is 11.7. The number of unbranched alkanes of at least 4 members (excludes halogenated alkanes) is 1. The summed E-state index contributed by atoms with van der Waals surface area (Å²) in [6, 6.07) is 8.87. The van der Waals surface area contributed by atoms with E-state index in [4.69, 9.17) is 4.74 Å². The zero-order valence-electron chi connectivity index (χ0n) is 22.7. The quantitative estimate of drug-likeness (QED) is 0.356. The number of halogens is 2. The standard InChI is InChI=1S/C29H33F2N5O3/c1-5-35(10-6-7-11-36-12-13-39-29(36)38)27-26(31)25-22(14-18(2)15-23(25)28(37)34(27)4)19(3)33-24-9-8-21(30)16-20(24)17-32/h8-9,14-16,19,33H,5-7,10-13H2,1-4H3/t19-/m1/s1. The highest BCUT2D eigenvalue weighted by Crippen LogP contribution is 2.33. The number of rotatable bonds is 10. The third kappa shape index (κ3) is 5.67. The highest BCUT2D eigenvalue weighted by molar-refractivity contribution is 5.89. The smallest absolute Gasteiger partial charge is 0.409 e. The summed E-state index contributed by atoms with van der Waals surface area (Å²) in [5.41, 5.74) is 1.61. The molecule has 0 radical (unpaired) electrons. The number of fused-ring (bicyclic) bond motifs is 1. The fraction of sp³-hybridized carbons (Fsp3) is 0.414. The number of cyclic esters (lactones) is 1. The minimum Gasteiger partial charge on any atom is -0.448 e. The number of nitrogens with one attached hydrogen (secondary N) is 1. The third-order valence-electron chi connectivity index (χ3n) is 7.15. The van der Waals surface area contributed by atoms with Gasteiger partial charge in [-0.25, -0.2) is 13.6 Å². The number of hydrogen-bond donors (Lipinski definition) is 1. The van der Waals surface area contributed by atoms with Crippen molar-refractivity contribution in [3.8, 4) is 6.07 Å². The Hall–Kier alpha value is -4.13. The van der Waals surface area contributed by atoms with Crippen LogP contribution in [0.15, 0.2) is 35.1 Å². The number of carbonyl (C=O) groups is 1. The van der Waals surface area contributed by atoms with E-state index >= 15 is 4.39 Å². The molecule has 1 aromatic heterocycles. The number of aryl methyl sites for hydroxylation is 1. The van der Waals surface area contributed by atoms with E-state index in [0.29, 0.717) is 50.5 Å². The number of hydrogen-bond acceptors (Lipinski definition) is 6. The Kier molecular flexibility index (Phi) is 8.38. The van der Waals surface area contributed by atoms with Gasteiger partial charge in [-0.3, -0.25) is 9.36 Å². The molecule has 39 heavy (non-hydrogen) atoms. The molecule has 2 heterocycles. The maximum Gasteiger partial charge on any atom is 0.409 e. The normalized spacial score (nSPS) is 13.9. The van der Waals surface area contributed by atoms with Gasteiger partial charge in [0.05, 0.1) is 23.2 Å². The number of carbonyl (C=O) groups excluding carboxylic acids is 1. The summed E-state index contributed by atoms with van der Waals surface area (Å²) in [6.07, 6.45) is 1.11. The molecule has 0 bridgehead atoms. The molecule has 0 unspecified atom stereocenters. The lowest BCUT2D eigenvalue weighted by Gasteiger charge is -2.28. The van der Waals surface area contributed by atoms with Gasteiger partial charge in [0.15, 0.2) is 5.82 Å². The molecule has 1 fully saturated rings. The molecule has 1 aliphatic heterocycles. The van der Waals surface area contributed by atoms with Crippen LogP contribution in [0, 0.1) is 29.9 Å². The van der Waals surface area contributed by atoms with Gasteiger partial charge < -0.3 is 19.9 Å². The van der Waals surface area contributed by atoms with E-state index in [1.165, 1.54) is 16.7 Å². The Morgan fingerprint density at radius 3 is 2.64 bits per heavy atom. The summed E-state index contributed by atoms with van der Waals surface area (Å²) in [4.78, 5) is 28.7. The second-order valence-corrected chi connectivity index (χ2v) is 9.83. The Morgan fingerprint density at radius 2 is 1.97 bits per heavy atom. The highest BCUT2D eigenvalue weighted by Gasteiger charge is 2.25. The number of nitrogens with zero attached hydrogens (tertiary/aromatic N) is 4. The van der Waals surface area contributed by atoms with E-state index in [-0.39, 0.29) is 33.8 Å². The van der Waals surface area contributed by atoms with Gasteiger partial charge >= 0.3 is 6.09 Å². The summed E-state index contributed by atoms with van der Waals surface area (Å²) in [5.74, 6) is -0.822. The Bertz CT molecular complexity index is 1500. The first-order valence-corrected chi connectivity index (χ1v) is 13.1. The van der Waals surface area contributed by atoms with Gasteiger partial charge in [-0.15, -0.1) is 0 Å². The number of aromatic nitrogens is 1. The maximum absolute atomic E-state index is 16.4. The molecule has 1 N–H and O–H groups in total. The van der Waals surface area contributed by atoms with E-state index in [2.05, 4.69) is 5.32 Å². The van der Waals surface area contributed by atoms with E-state index in [0.717, 1.165) is 18.1 Å². The van der Waals surface area contributed by atoms with Crippen LogP contribution in [0.3, 0.4) is 0 Å². The lowest BCUT2D eigenvalue weighted by molar-refractivity contribution is 0.158. The van der Waals surface area contributed by atoms with Crippen molar-refractivity contribution in [3.63, 3.8) is 0 Å². The molecule has 1 saturated heterocycles. The average molecular weight is 538 g/mol. The van der Waals surface area contributed by atoms with Crippen LogP contribution in [-0.4, -0.2) is 48.3 Å². The number of benzene rings is 2. The Morgan fingerprint density at radius 1 is 1.21 bits per heavy atom. The topological polar surface area (TPSA) is 90.6 Å². The van der Waals surface area contributed by atoms with Crippen molar-refractivity contribution >= 4 is 28.4 Å². The maximum atomic E-state index is 16.4. The summed E-state index contributed by atoms with van der Waals surface area (Å²) in [6.45, 7) is 8.10. The van der Waals surface area contributed by atoms with Crippen molar-refractivity contribution in [1.29, 1.82) is 5.26 Å². The lowest BCUT2D eigenvalue weighted by Crippen LogP contribution is -2.33. The molecular weight excluding hydrogens is 504 g/mol. The molecule has 1 atom stereocenters. The van der Waals surface area contributed by atoms with Crippen molar-refractivity contribution in [2.75, 3.05) is 43.0 Å². The fourth-order valence-electron chi connectivity index (χ4n) is 5.15. The Balaban J connectivity index is 1.69. The van der Waals surface area contributed by atoms with Crippen molar-refractivity contribution in [3.05, 3.63) is 69.0 Å². The van der Waals surface area contributed by atoms with Gasteiger partial charge in [0.1, 0.15) is 24.3 Å². The molecule has 8 nitrogen and oxygen atoms in total. The zero-order chi connectivity index (χ0) is 28.3. The molecule has 206 valence electrons. The highest BCUT2D eigenvalue weighted by atomic mass is 19.1. The van der Waals surface area contributed by atoms with Gasteiger partial charge in [-0.2, -0.15) is 5.26 Å². The first-order valence-electron chi connectivity index (χ1n) is 13.1. The number of ether oxygens (including phenoxy) is 1. The van der Waals surface area contributed by atoms with Crippen LogP contribution < -0.4 is 15.8 Å². The van der Waals surface area contributed by atoms with Crippen LogP contribution in [0.5, 0.6) is 0 Å². The minimum atomic E-state index is -0.523. The first-order chi connectivity index (χ1) is 18.7. The Labute approximate surface area is 226 Å². The lowest BCUT2D eigenvalue weighted by atomic mass is 9.96. The molecule has 0 spiro atoms. The SMILES string of the molecule is CCN(CCCCN1CCOC1=O)c1c(F)c2c([C@@H](C)Nc3ccc(F)cc3C#N)cc(C)cc2c(=O)n1C. The summed E-state index contributed by atoms with van der Waals surface area (Å²) < 4.78 is 36.4. The van der Waals surface area contributed by atoms with Crippen molar-refractivity contribution in [2.24, 2.45) is 7.05 Å². The summed E-state index contributed by atoms with van der Waals surface area (Å²) in [5, 5.41) is 13.1. The number of nitriles is 1. The van der Waals surface area contributed by atoms with Crippen LogP contribution in [0.4, 0.5) is 25.1 Å². The fourth-order valence-corrected chi connectivity index (χ4v) is 5.15. The number of pyridine rings is 1. The molecule has 4 rings (SSSR count). The van der Waals surface area contributed by atoms with Gasteiger partial charge in [0, 0.05) is 38.1 Å². The van der Waals surface area contributed by atoms with Crippen molar-refractivity contribution in [1.82, 2.24) is 9.47 Å². The van der Waals surface area contributed by atoms with Gasteiger partial charge in [-0.1, -0.05) is 6.07 Å². The van der Waals surface area contributed by atoms with Crippen LogP contribution in [-0.2, 0) is 11.8 Å². The monoisotopic (exact) mass is 537 g/mol. The molecule has 3 aromatic rings. The number of amides is 1. The molecule has 2 aromatic carbocycles. The number of anilines is 2. The first kappa shape index (κ1) is 27.9. The van der Waals surface area contributed by atoms with Crippen LogP contribution in [0.1, 0.15) is 49.4 Å². The zero-order valence-corrected chi connectivity index (χ0v) is 22.7. The van der Waals surface area contributed by atoms with Crippen molar-refractivity contribution < 1.29 is 18.3 Å². The van der Waals surface area contributed by atoms with Crippen LogP contribution in [0.2, 0.25) is 0 Å². The van der Waals surface area contributed by atoms with Crippen LogP contribution >= 0.6 is 0 Å². The molecule has 0 aliphatic carbocycles. The largest absolute Gasteiger partial charge is 0.448 e. The van der Waals surface area contributed by atoms with E-state index < -0.39 is 17.7 Å². The molecular formula is C29H33F2N5O3. The van der Waals surface area contributed by atoms with E-state index in [9.17, 15) is 19.2 Å². The van der Waals surface area contributed by atoms with Gasteiger partial charge in [-0.05, 0) is 69.0 Å². The van der Waals surface area contributed by atoms with Gasteiger partial charge in [0.25, 0.3) is 5.56 Å². The second-order valence-electron chi connectivity index (χ2n) is 9.83. The summed E-state index contributed by atoms with van der Waals surface area (Å²) in [7, 11) is 1.57. The van der Waals surface area contributed by atoms with Crippen LogP contribution in [0.25, 0.3) is 10.8 Å². The van der Waals surface area contributed by atoms with Gasteiger partial charge in [0.2, 0.25) is 0 Å². The third-order valence-corrected chi connectivity index (χ3v) is 7.15. The minimum absolute atomic E-state index is 0.134. The molecule has 1 amide bonds. The average Bonchev–Trinajstić information content (AvgIpc) is 3.33.